The Hall–Kier alpha value is -1.55. The predicted molar refractivity (Wildman–Crippen MR) is 85.4 cm³/mol. The first-order chi connectivity index (χ1) is 9.99. The van der Waals surface area contributed by atoms with E-state index in [1.165, 1.54) is 0 Å². The molecule has 1 amide bonds. The first-order valence-corrected chi connectivity index (χ1v) is 7.71. The number of nitrogens with zero attached hydrogens (tertiary/aromatic N) is 1. The first-order valence-electron chi connectivity index (χ1n) is 7.71. The van der Waals surface area contributed by atoms with Gasteiger partial charge in [0.25, 0.3) is 0 Å². The quantitative estimate of drug-likeness (QED) is 0.875. The molecule has 0 unspecified atom stereocenters. The number of hydrogen-bond acceptors (Lipinski definition) is 3. The van der Waals surface area contributed by atoms with Crippen LogP contribution in [-0.4, -0.2) is 42.2 Å². The third-order valence-corrected chi connectivity index (χ3v) is 4.45. The highest BCUT2D eigenvalue weighted by Gasteiger charge is 2.27. The van der Waals surface area contributed by atoms with Gasteiger partial charge in [0.1, 0.15) is 0 Å². The van der Waals surface area contributed by atoms with E-state index in [0.29, 0.717) is 13.1 Å². The standard InChI is InChI=1S/C17H26N2O2/c1-12-6-4-7-13(2)17(12)18-10-16(21)19(3)11-14-8-5-9-15(14)20/h4,6-7,14-15,18,20H,5,8-11H2,1-3H3/t14-,15-/m1/s1. The number of carbonyl (C=O) groups excluding carboxylic acids is 1. The SMILES string of the molecule is Cc1cccc(C)c1NCC(=O)N(C)C[C@H]1CCC[C@H]1O. The number of aliphatic hydroxyl groups is 1. The van der Waals surface area contributed by atoms with Gasteiger partial charge in [0.05, 0.1) is 12.6 Å². The van der Waals surface area contributed by atoms with E-state index >= 15 is 0 Å². The van der Waals surface area contributed by atoms with E-state index in [2.05, 4.69) is 5.32 Å². The Morgan fingerprint density at radius 3 is 2.57 bits per heavy atom. The lowest BCUT2D eigenvalue weighted by molar-refractivity contribution is -0.128. The summed E-state index contributed by atoms with van der Waals surface area (Å²) in [5.41, 5.74) is 3.34. The minimum atomic E-state index is -0.244. The molecule has 0 heterocycles. The third kappa shape index (κ3) is 3.97. The fraction of sp³-hybridized carbons (Fsp3) is 0.588. The van der Waals surface area contributed by atoms with Crippen LogP contribution in [0.5, 0.6) is 0 Å². The molecule has 2 rings (SSSR count). The number of aryl methyl sites for hydroxylation is 2. The second-order valence-electron chi connectivity index (χ2n) is 6.15. The van der Waals surface area contributed by atoms with E-state index in [1.54, 1.807) is 4.90 Å². The summed E-state index contributed by atoms with van der Waals surface area (Å²) in [4.78, 5) is 14.0. The van der Waals surface area contributed by atoms with Gasteiger partial charge in [-0.05, 0) is 37.8 Å². The van der Waals surface area contributed by atoms with Crippen LogP contribution in [0.1, 0.15) is 30.4 Å². The van der Waals surface area contributed by atoms with Gasteiger partial charge in [-0.25, -0.2) is 0 Å². The van der Waals surface area contributed by atoms with Crippen molar-refractivity contribution in [2.45, 2.75) is 39.2 Å². The summed E-state index contributed by atoms with van der Waals surface area (Å²) >= 11 is 0. The number of hydrogen-bond donors (Lipinski definition) is 2. The number of para-hydroxylation sites is 1. The molecule has 4 nitrogen and oxygen atoms in total. The van der Waals surface area contributed by atoms with Gasteiger partial charge in [-0.3, -0.25) is 4.79 Å². The van der Waals surface area contributed by atoms with E-state index in [4.69, 9.17) is 0 Å². The molecule has 21 heavy (non-hydrogen) atoms. The van der Waals surface area contributed by atoms with Crippen molar-refractivity contribution in [2.24, 2.45) is 5.92 Å². The Labute approximate surface area is 127 Å². The number of nitrogens with one attached hydrogen (secondary N) is 1. The Bertz CT molecular complexity index is 481. The average molecular weight is 290 g/mol. The monoisotopic (exact) mass is 290 g/mol. The minimum absolute atomic E-state index is 0.0664. The number of aliphatic hydroxyl groups excluding tert-OH is 1. The zero-order valence-corrected chi connectivity index (χ0v) is 13.2. The molecule has 2 N–H and O–H groups in total. The Morgan fingerprint density at radius 2 is 2.00 bits per heavy atom. The number of rotatable bonds is 5. The Balaban J connectivity index is 1.86. The molecule has 0 spiro atoms. The summed E-state index contributed by atoms with van der Waals surface area (Å²) in [6.07, 6.45) is 2.71. The van der Waals surface area contributed by atoms with Crippen LogP contribution in [0.2, 0.25) is 0 Å². The highest BCUT2D eigenvalue weighted by Crippen LogP contribution is 2.26. The number of anilines is 1. The first kappa shape index (κ1) is 15.8. The van der Waals surface area contributed by atoms with E-state index < -0.39 is 0 Å². The molecule has 1 aromatic carbocycles. The van der Waals surface area contributed by atoms with Gasteiger partial charge in [-0.15, -0.1) is 0 Å². The molecule has 4 heteroatoms. The largest absolute Gasteiger partial charge is 0.393 e. The summed E-state index contributed by atoms with van der Waals surface area (Å²) in [5, 5.41) is 13.1. The highest BCUT2D eigenvalue weighted by atomic mass is 16.3. The Morgan fingerprint density at radius 1 is 1.33 bits per heavy atom. The second kappa shape index (κ2) is 6.94. The van der Waals surface area contributed by atoms with Crippen LogP contribution in [0, 0.1) is 19.8 Å². The average Bonchev–Trinajstić information content (AvgIpc) is 2.83. The molecule has 2 atom stereocenters. The van der Waals surface area contributed by atoms with Crippen LogP contribution < -0.4 is 5.32 Å². The number of carbonyl (C=O) groups is 1. The zero-order chi connectivity index (χ0) is 15.4. The van der Waals surface area contributed by atoms with Crippen molar-refractivity contribution in [1.29, 1.82) is 0 Å². The summed E-state index contributed by atoms with van der Waals surface area (Å²) in [6, 6.07) is 6.10. The van der Waals surface area contributed by atoms with E-state index in [0.717, 1.165) is 36.1 Å². The normalized spacial score (nSPS) is 21.3. The zero-order valence-electron chi connectivity index (χ0n) is 13.2. The molecule has 116 valence electrons. The van der Waals surface area contributed by atoms with Crippen LogP contribution in [-0.2, 0) is 4.79 Å². The van der Waals surface area contributed by atoms with Crippen LogP contribution >= 0.6 is 0 Å². The van der Waals surface area contributed by atoms with Crippen molar-refractivity contribution in [3.8, 4) is 0 Å². The number of amides is 1. The van der Waals surface area contributed by atoms with E-state index in [9.17, 15) is 9.90 Å². The van der Waals surface area contributed by atoms with Gasteiger partial charge in [0.2, 0.25) is 5.91 Å². The predicted octanol–water partition coefficient (Wildman–Crippen LogP) is 2.33. The van der Waals surface area contributed by atoms with E-state index in [1.807, 2.05) is 39.1 Å². The van der Waals surface area contributed by atoms with Crippen molar-refractivity contribution in [2.75, 3.05) is 25.5 Å². The molecular formula is C17H26N2O2. The maximum atomic E-state index is 12.2. The van der Waals surface area contributed by atoms with Crippen LogP contribution in [0.3, 0.4) is 0 Å². The van der Waals surface area contributed by atoms with Gasteiger partial charge < -0.3 is 15.3 Å². The second-order valence-corrected chi connectivity index (χ2v) is 6.15. The number of likely N-dealkylation sites (N-methyl/N-ethyl adjacent to an activating group) is 1. The van der Waals surface area contributed by atoms with Gasteiger partial charge in [0.15, 0.2) is 0 Å². The van der Waals surface area contributed by atoms with Crippen molar-refractivity contribution < 1.29 is 9.90 Å². The van der Waals surface area contributed by atoms with Crippen molar-refractivity contribution in [3.63, 3.8) is 0 Å². The van der Waals surface area contributed by atoms with Crippen LogP contribution in [0.15, 0.2) is 18.2 Å². The molecule has 0 radical (unpaired) electrons. The van der Waals surface area contributed by atoms with Crippen molar-refractivity contribution in [1.82, 2.24) is 4.90 Å². The molecule has 0 aromatic heterocycles. The highest BCUT2D eigenvalue weighted by molar-refractivity contribution is 5.81. The van der Waals surface area contributed by atoms with Crippen LogP contribution in [0.4, 0.5) is 5.69 Å². The minimum Gasteiger partial charge on any atom is -0.393 e. The molecule has 1 aliphatic rings. The lowest BCUT2D eigenvalue weighted by atomic mass is 10.1. The molecule has 0 saturated heterocycles. The Kier molecular flexibility index (Phi) is 5.23. The molecular weight excluding hydrogens is 264 g/mol. The maximum absolute atomic E-state index is 12.2. The lowest BCUT2D eigenvalue weighted by Gasteiger charge is -2.24. The van der Waals surface area contributed by atoms with Crippen molar-refractivity contribution in [3.05, 3.63) is 29.3 Å². The molecule has 1 aromatic rings. The van der Waals surface area contributed by atoms with E-state index in [-0.39, 0.29) is 17.9 Å². The fourth-order valence-electron chi connectivity index (χ4n) is 3.08. The summed E-state index contributed by atoms with van der Waals surface area (Å²) < 4.78 is 0. The third-order valence-electron chi connectivity index (χ3n) is 4.45. The topological polar surface area (TPSA) is 52.6 Å². The molecule has 1 fully saturated rings. The summed E-state index contributed by atoms with van der Waals surface area (Å²) in [6.45, 7) is 5.02. The van der Waals surface area contributed by atoms with Gasteiger partial charge in [0, 0.05) is 25.2 Å². The fourth-order valence-corrected chi connectivity index (χ4v) is 3.08. The molecule has 1 saturated carbocycles. The molecule has 1 aliphatic carbocycles. The molecule has 0 bridgehead atoms. The maximum Gasteiger partial charge on any atom is 0.241 e. The number of benzene rings is 1. The van der Waals surface area contributed by atoms with Gasteiger partial charge in [-0.2, -0.15) is 0 Å². The van der Waals surface area contributed by atoms with Crippen LogP contribution in [0.25, 0.3) is 0 Å². The summed E-state index contributed by atoms with van der Waals surface area (Å²) in [5.74, 6) is 0.302. The lowest BCUT2D eigenvalue weighted by Crippen LogP contribution is -2.37. The smallest absolute Gasteiger partial charge is 0.241 e. The van der Waals surface area contributed by atoms with Gasteiger partial charge in [-0.1, -0.05) is 24.6 Å². The van der Waals surface area contributed by atoms with Crippen molar-refractivity contribution >= 4 is 11.6 Å². The summed E-state index contributed by atoms with van der Waals surface area (Å²) in [7, 11) is 1.82. The van der Waals surface area contributed by atoms with Gasteiger partial charge >= 0.3 is 0 Å². The molecule has 0 aliphatic heterocycles.